The van der Waals surface area contributed by atoms with Gasteiger partial charge in [0.25, 0.3) is 0 Å². The van der Waals surface area contributed by atoms with Gasteiger partial charge in [0, 0.05) is 13.1 Å². The van der Waals surface area contributed by atoms with Crippen molar-refractivity contribution in [2.24, 2.45) is 0 Å². The molecule has 1 heterocycles. The summed E-state index contributed by atoms with van der Waals surface area (Å²) in [6.07, 6.45) is 1.55. The van der Waals surface area contributed by atoms with E-state index in [-0.39, 0.29) is 18.4 Å². The van der Waals surface area contributed by atoms with E-state index in [1.54, 1.807) is 23.8 Å². The normalized spacial score (nSPS) is 18.0. The highest BCUT2D eigenvalue weighted by atomic mass is 16.5. The van der Waals surface area contributed by atoms with Crippen LogP contribution in [0.4, 0.5) is 0 Å². The summed E-state index contributed by atoms with van der Waals surface area (Å²) < 4.78 is 10.8. The zero-order valence-electron chi connectivity index (χ0n) is 14.7. The molecule has 1 saturated heterocycles. The van der Waals surface area contributed by atoms with Crippen LogP contribution in [0.15, 0.2) is 24.3 Å². The quantitative estimate of drug-likeness (QED) is 0.682. The van der Waals surface area contributed by atoms with E-state index in [1.807, 2.05) is 31.2 Å². The monoisotopic (exact) mass is 334 g/mol. The fourth-order valence-corrected chi connectivity index (χ4v) is 2.82. The number of piperazine rings is 1. The molecule has 0 saturated carbocycles. The number of carbonyl (C=O) groups excluding carboxylic acids is 2. The van der Waals surface area contributed by atoms with Crippen molar-refractivity contribution in [3.63, 3.8) is 0 Å². The van der Waals surface area contributed by atoms with Crippen LogP contribution in [0.3, 0.4) is 0 Å². The maximum absolute atomic E-state index is 12.3. The Balaban J connectivity index is 1.78. The Kier molecular flexibility index (Phi) is 6.46. The van der Waals surface area contributed by atoms with Crippen molar-refractivity contribution in [3.05, 3.63) is 24.3 Å². The first-order chi connectivity index (χ1) is 11.6. The molecule has 1 fully saturated rings. The van der Waals surface area contributed by atoms with E-state index in [0.29, 0.717) is 26.1 Å². The molecule has 0 N–H and O–H groups in total. The lowest BCUT2D eigenvalue weighted by molar-refractivity contribution is -0.155. The van der Waals surface area contributed by atoms with Crippen molar-refractivity contribution in [3.8, 4) is 11.5 Å². The van der Waals surface area contributed by atoms with Crippen molar-refractivity contribution in [2.75, 3.05) is 33.4 Å². The Labute approximate surface area is 143 Å². The molecule has 2 rings (SSSR count). The van der Waals surface area contributed by atoms with Crippen LogP contribution in [0, 0.1) is 0 Å². The highest BCUT2D eigenvalue weighted by molar-refractivity contribution is 5.94. The van der Waals surface area contributed by atoms with Gasteiger partial charge in [-0.25, -0.2) is 0 Å². The smallest absolute Gasteiger partial charge is 0.245 e. The van der Waals surface area contributed by atoms with Crippen molar-refractivity contribution < 1.29 is 19.1 Å². The SMILES string of the molecule is CCCN1CC(=O)N(CCCOc2ccc(OC)cc2)[C@H](C)C1=O. The van der Waals surface area contributed by atoms with Gasteiger partial charge in [-0.15, -0.1) is 0 Å². The predicted octanol–water partition coefficient (Wildman–Crippen LogP) is 1.93. The lowest BCUT2D eigenvalue weighted by atomic mass is 10.1. The van der Waals surface area contributed by atoms with Crippen LogP contribution < -0.4 is 9.47 Å². The van der Waals surface area contributed by atoms with Gasteiger partial charge in [0.1, 0.15) is 17.5 Å². The third-order valence-electron chi connectivity index (χ3n) is 4.15. The third-order valence-corrected chi connectivity index (χ3v) is 4.15. The summed E-state index contributed by atoms with van der Waals surface area (Å²) in [5.74, 6) is 1.59. The van der Waals surface area contributed by atoms with Crippen molar-refractivity contribution in [1.82, 2.24) is 9.80 Å². The van der Waals surface area contributed by atoms with E-state index >= 15 is 0 Å². The minimum atomic E-state index is -0.390. The molecule has 1 aromatic carbocycles. The summed E-state index contributed by atoms with van der Waals surface area (Å²) >= 11 is 0. The minimum absolute atomic E-state index is 0.0139. The maximum Gasteiger partial charge on any atom is 0.245 e. The molecule has 0 radical (unpaired) electrons. The number of carbonyl (C=O) groups is 2. The fourth-order valence-electron chi connectivity index (χ4n) is 2.82. The summed E-state index contributed by atoms with van der Waals surface area (Å²) in [5, 5.41) is 0. The van der Waals surface area contributed by atoms with Gasteiger partial charge in [0.05, 0.1) is 20.3 Å². The van der Waals surface area contributed by atoms with Gasteiger partial charge in [-0.3, -0.25) is 9.59 Å². The van der Waals surface area contributed by atoms with Crippen molar-refractivity contribution in [2.45, 2.75) is 32.7 Å². The first kappa shape index (κ1) is 18.1. The Morgan fingerprint density at radius 3 is 2.42 bits per heavy atom. The van der Waals surface area contributed by atoms with Crippen LogP contribution in [0.25, 0.3) is 0 Å². The molecule has 0 bridgehead atoms. The van der Waals surface area contributed by atoms with Crippen LogP contribution in [0.1, 0.15) is 26.7 Å². The average Bonchev–Trinajstić information content (AvgIpc) is 2.59. The Bertz CT molecular complexity index is 559. The Morgan fingerprint density at radius 1 is 1.12 bits per heavy atom. The van der Waals surface area contributed by atoms with Crippen LogP contribution in [-0.2, 0) is 9.59 Å². The second-order valence-corrected chi connectivity index (χ2v) is 5.90. The number of hydrogen-bond donors (Lipinski definition) is 0. The zero-order valence-corrected chi connectivity index (χ0v) is 14.7. The van der Waals surface area contributed by atoms with Gasteiger partial charge in [-0.1, -0.05) is 6.92 Å². The summed E-state index contributed by atoms with van der Waals surface area (Å²) in [5.41, 5.74) is 0. The van der Waals surface area contributed by atoms with Gasteiger partial charge in [0.2, 0.25) is 11.8 Å². The van der Waals surface area contributed by atoms with E-state index in [1.165, 1.54) is 0 Å². The highest BCUT2D eigenvalue weighted by Crippen LogP contribution is 2.17. The second kappa shape index (κ2) is 8.57. The number of rotatable bonds is 8. The lowest BCUT2D eigenvalue weighted by Crippen LogP contribution is -2.59. The molecule has 2 amide bonds. The zero-order chi connectivity index (χ0) is 17.5. The van der Waals surface area contributed by atoms with Crippen LogP contribution in [-0.4, -0.2) is 61.0 Å². The molecule has 132 valence electrons. The van der Waals surface area contributed by atoms with E-state index in [4.69, 9.17) is 9.47 Å². The predicted molar refractivity (Wildman–Crippen MR) is 91.2 cm³/mol. The topological polar surface area (TPSA) is 59.1 Å². The van der Waals surface area contributed by atoms with Crippen molar-refractivity contribution in [1.29, 1.82) is 0 Å². The molecule has 0 aromatic heterocycles. The third kappa shape index (κ3) is 4.40. The molecular formula is C18H26N2O4. The molecular weight excluding hydrogens is 308 g/mol. The van der Waals surface area contributed by atoms with E-state index in [9.17, 15) is 9.59 Å². The fraction of sp³-hybridized carbons (Fsp3) is 0.556. The summed E-state index contributed by atoms with van der Waals surface area (Å²) in [7, 11) is 1.62. The van der Waals surface area contributed by atoms with Gasteiger partial charge in [0.15, 0.2) is 0 Å². The van der Waals surface area contributed by atoms with Crippen LogP contribution in [0.2, 0.25) is 0 Å². The number of ether oxygens (including phenoxy) is 2. The Morgan fingerprint density at radius 2 is 1.79 bits per heavy atom. The molecule has 1 aliphatic heterocycles. The number of hydrogen-bond acceptors (Lipinski definition) is 4. The molecule has 0 spiro atoms. The molecule has 24 heavy (non-hydrogen) atoms. The molecule has 6 heteroatoms. The molecule has 0 unspecified atom stereocenters. The first-order valence-electron chi connectivity index (χ1n) is 8.42. The Hall–Kier alpha value is -2.24. The number of amides is 2. The van der Waals surface area contributed by atoms with Gasteiger partial charge in [-0.05, 0) is 44.0 Å². The molecule has 1 atom stereocenters. The summed E-state index contributed by atoms with van der Waals surface area (Å²) in [4.78, 5) is 27.8. The molecule has 1 aliphatic rings. The number of methoxy groups -OCH3 is 1. The largest absolute Gasteiger partial charge is 0.497 e. The van der Waals surface area contributed by atoms with Gasteiger partial charge < -0.3 is 19.3 Å². The second-order valence-electron chi connectivity index (χ2n) is 5.90. The summed E-state index contributed by atoms with van der Waals surface area (Å²) in [6.45, 7) is 5.66. The molecule has 6 nitrogen and oxygen atoms in total. The van der Waals surface area contributed by atoms with Gasteiger partial charge in [-0.2, -0.15) is 0 Å². The number of benzene rings is 1. The van der Waals surface area contributed by atoms with E-state index in [0.717, 1.165) is 17.9 Å². The van der Waals surface area contributed by atoms with E-state index in [2.05, 4.69) is 0 Å². The molecule has 0 aliphatic carbocycles. The summed E-state index contributed by atoms with van der Waals surface area (Å²) in [6, 6.07) is 6.98. The lowest BCUT2D eigenvalue weighted by Gasteiger charge is -2.38. The first-order valence-corrected chi connectivity index (χ1v) is 8.42. The van der Waals surface area contributed by atoms with Crippen LogP contribution in [0.5, 0.6) is 11.5 Å². The standard InChI is InChI=1S/C18H26N2O4/c1-4-10-19-13-17(21)20(14(2)18(19)22)11-5-12-24-16-8-6-15(23-3)7-9-16/h6-9,14H,4-5,10-13H2,1-3H3/t14-/m1/s1. The highest BCUT2D eigenvalue weighted by Gasteiger charge is 2.35. The average molecular weight is 334 g/mol. The number of nitrogens with zero attached hydrogens (tertiary/aromatic N) is 2. The maximum atomic E-state index is 12.3. The van der Waals surface area contributed by atoms with Gasteiger partial charge >= 0.3 is 0 Å². The van der Waals surface area contributed by atoms with E-state index < -0.39 is 6.04 Å². The minimum Gasteiger partial charge on any atom is -0.497 e. The molecule has 1 aromatic rings. The van der Waals surface area contributed by atoms with Crippen molar-refractivity contribution >= 4 is 11.8 Å². The van der Waals surface area contributed by atoms with Crippen LogP contribution >= 0.6 is 0 Å².